The maximum atomic E-state index is 12.0. The predicted molar refractivity (Wildman–Crippen MR) is 54.9 cm³/mol. The van der Waals surface area contributed by atoms with Gasteiger partial charge in [0.05, 0.1) is 0 Å². The molecular formula is C12H19NO. The summed E-state index contributed by atoms with van der Waals surface area (Å²) in [5.41, 5.74) is 0. The number of fused-ring (bicyclic) bond motifs is 2. The van der Waals surface area contributed by atoms with Crippen molar-refractivity contribution in [2.75, 3.05) is 13.1 Å². The van der Waals surface area contributed by atoms with E-state index in [1.165, 1.54) is 32.1 Å². The molecule has 14 heavy (non-hydrogen) atoms. The van der Waals surface area contributed by atoms with Gasteiger partial charge >= 0.3 is 0 Å². The van der Waals surface area contributed by atoms with Crippen LogP contribution in [0.25, 0.3) is 0 Å². The highest BCUT2D eigenvalue weighted by molar-refractivity contribution is 5.85. The van der Waals surface area contributed by atoms with Crippen LogP contribution in [0.5, 0.6) is 0 Å². The maximum Gasteiger partial charge on any atom is 0.139 e. The fraction of sp³-hybridized carbons (Fsp3) is 0.917. The lowest BCUT2D eigenvalue weighted by atomic mass is 9.71. The Labute approximate surface area is 85.4 Å². The molecule has 2 unspecified atom stereocenters. The molecule has 0 aromatic heterocycles. The Morgan fingerprint density at radius 3 is 2.14 bits per heavy atom. The van der Waals surface area contributed by atoms with Gasteiger partial charge in [-0.3, -0.25) is 4.79 Å². The zero-order valence-electron chi connectivity index (χ0n) is 8.67. The standard InChI is InChI=1S/C12H19NO/c14-12(10-1-2-10)11-4-8-3-9(5-11)7-13-6-8/h8-11,13H,1-7H2. The van der Waals surface area contributed by atoms with Gasteiger partial charge in [-0.2, -0.15) is 0 Å². The second kappa shape index (κ2) is 3.34. The first-order valence-electron chi connectivity index (χ1n) is 6.07. The van der Waals surface area contributed by atoms with Crippen molar-refractivity contribution < 1.29 is 4.79 Å². The molecule has 1 aliphatic heterocycles. The molecule has 2 nitrogen and oxygen atoms in total. The van der Waals surface area contributed by atoms with Gasteiger partial charge in [0, 0.05) is 11.8 Å². The number of nitrogens with one attached hydrogen (secondary N) is 1. The number of ketones is 1. The van der Waals surface area contributed by atoms with Gasteiger partial charge in [-0.05, 0) is 57.0 Å². The Hall–Kier alpha value is -0.370. The molecule has 1 heterocycles. The Kier molecular flexibility index (Phi) is 2.12. The van der Waals surface area contributed by atoms with Crippen LogP contribution in [0.2, 0.25) is 0 Å². The van der Waals surface area contributed by atoms with Crippen LogP contribution < -0.4 is 5.32 Å². The molecule has 3 fully saturated rings. The molecule has 78 valence electrons. The molecule has 0 aromatic carbocycles. The van der Waals surface area contributed by atoms with Crippen LogP contribution in [0, 0.1) is 23.7 Å². The summed E-state index contributed by atoms with van der Waals surface area (Å²) in [5, 5.41) is 3.48. The molecule has 2 saturated carbocycles. The highest BCUT2D eigenvalue weighted by Crippen LogP contribution is 2.41. The number of Topliss-reactive ketones (excluding diaryl/α,β-unsaturated/α-hetero) is 1. The van der Waals surface area contributed by atoms with Gasteiger partial charge in [0.2, 0.25) is 0 Å². The largest absolute Gasteiger partial charge is 0.316 e. The average Bonchev–Trinajstić information content (AvgIpc) is 2.99. The van der Waals surface area contributed by atoms with Gasteiger partial charge in [0.15, 0.2) is 0 Å². The lowest BCUT2D eigenvalue weighted by Crippen LogP contribution is -2.43. The molecular weight excluding hydrogens is 174 g/mol. The Balaban J connectivity index is 1.66. The number of piperidine rings is 1. The first-order valence-corrected chi connectivity index (χ1v) is 6.07. The lowest BCUT2D eigenvalue weighted by Gasteiger charge is -2.38. The fourth-order valence-corrected chi connectivity index (χ4v) is 3.32. The van der Waals surface area contributed by atoms with Crippen LogP contribution in [0.1, 0.15) is 32.1 Å². The number of rotatable bonds is 2. The van der Waals surface area contributed by atoms with Crippen molar-refractivity contribution in [3.8, 4) is 0 Å². The second-order valence-electron chi connectivity index (χ2n) is 5.47. The van der Waals surface area contributed by atoms with E-state index in [2.05, 4.69) is 5.32 Å². The summed E-state index contributed by atoms with van der Waals surface area (Å²) in [6.45, 7) is 2.32. The maximum absolute atomic E-state index is 12.0. The summed E-state index contributed by atoms with van der Waals surface area (Å²) in [5.74, 6) is 3.13. The highest BCUT2D eigenvalue weighted by Gasteiger charge is 2.40. The minimum atomic E-state index is 0.438. The summed E-state index contributed by atoms with van der Waals surface area (Å²) in [7, 11) is 0. The van der Waals surface area contributed by atoms with E-state index in [0.29, 0.717) is 17.6 Å². The van der Waals surface area contributed by atoms with Crippen LogP contribution in [-0.4, -0.2) is 18.9 Å². The average molecular weight is 193 g/mol. The minimum Gasteiger partial charge on any atom is -0.316 e. The summed E-state index contributed by atoms with van der Waals surface area (Å²) >= 11 is 0. The van der Waals surface area contributed by atoms with Gasteiger partial charge in [-0.25, -0.2) is 0 Å². The van der Waals surface area contributed by atoms with Crippen LogP contribution in [-0.2, 0) is 4.79 Å². The Bertz CT molecular complexity index is 235. The lowest BCUT2D eigenvalue weighted by molar-refractivity contribution is -0.126. The van der Waals surface area contributed by atoms with Gasteiger partial charge in [0.1, 0.15) is 5.78 Å². The number of hydrogen-bond acceptors (Lipinski definition) is 2. The number of carbonyl (C=O) groups excluding carboxylic acids is 1. The SMILES string of the molecule is O=C(C1CC1)C1CC2CNCC(C2)C1. The van der Waals surface area contributed by atoms with E-state index < -0.39 is 0 Å². The van der Waals surface area contributed by atoms with Crippen molar-refractivity contribution in [2.45, 2.75) is 32.1 Å². The van der Waals surface area contributed by atoms with Gasteiger partial charge in [-0.1, -0.05) is 0 Å². The monoisotopic (exact) mass is 193 g/mol. The summed E-state index contributed by atoms with van der Waals surface area (Å²) in [6.07, 6.45) is 6.10. The molecule has 3 aliphatic rings. The van der Waals surface area contributed by atoms with Crippen LogP contribution in [0.4, 0.5) is 0 Å². The van der Waals surface area contributed by atoms with Crippen molar-refractivity contribution in [3.63, 3.8) is 0 Å². The molecule has 3 rings (SSSR count). The zero-order chi connectivity index (χ0) is 9.54. The first-order chi connectivity index (χ1) is 6.83. The predicted octanol–water partition coefficient (Wildman–Crippen LogP) is 1.60. The quantitative estimate of drug-likeness (QED) is 0.721. The van der Waals surface area contributed by atoms with Gasteiger partial charge in [0.25, 0.3) is 0 Å². The molecule has 2 heteroatoms. The molecule has 2 aliphatic carbocycles. The Morgan fingerprint density at radius 2 is 1.57 bits per heavy atom. The minimum absolute atomic E-state index is 0.438. The van der Waals surface area contributed by atoms with Crippen molar-refractivity contribution >= 4 is 5.78 Å². The second-order valence-corrected chi connectivity index (χ2v) is 5.47. The molecule has 2 bridgehead atoms. The third-order valence-corrected chi connectivity index (χ3v) is 4.15. The zero-order valence-corrected chi connectivity index (χ0v) is 8.67. The third kappa shape index (κ3) is 1.60. The summed E-state index contributed by atoms with van der Waals surface area (Å²) in [6, 6.07) is 0. The van der Waals surface area contributed by atoms with E-state index in [0.717, 1.165) is 24.9 Å². The van der Waals surface area contributed by atoms with Crippen LogP contribution in [0.15, 0.2) is 0 Å². The summed E-state index contributed by atoms with van der Waals surface area (Å²) in [4.78, 5) is 12.0. The van der Waals surface area contributed by atoms with Crippen molar-refractivity contribution in [3.05, 3.63) is 0 Å². The van der Waals surface area contributed by atoms with E-state index in [1.807, 2.05) is 0 Å². The van der Waals surface area contributed by atoms with Gasteiger partial charge < -0.3 is 5.32 Å². The fourth-order valence-electron chi connectivity index (χ4n) is 3.32. The van der Waals surface area contributed by atoms with Crippen molar-refractivity contribution in [1.82, 2.24) is 5.32 Å². The van der Waals surface area contributed by atoms with E-state index in [-0.39, 0.29) is 0 Å². The van der Waals surface area contributed by atoms with Crippen molar-refractivity contribution in [1.29, 1.82) is 0 Å². The first kappa shape index (κ1) is 8.90. The molecule has 0 aromatic rings. The van der Waals surface area contributed by atoms with E-state index in [1.54, 1.807) is 0 Å². The molecule has 2 atom stereocenters. The molecule has 0 radical (unpaired) electrons. The third-order valence-electron chi connectivity index (χ3n) is 4.15. The van der Waals surface area contributed by atoms with E-state index in [4.69, 9.17) is 0 Å². The van der Waals surface area contributed by atoms with E-state index >= 15 is 0 Å². The molecule has 0 spiro atoms. The smallest absolute Gasteiger partial charge is 0.139 e. The van der Waals surface area contributed by atoms with Gasteiger partial charge in [-0.15, -0.1) is 0 Å². The van der Waals surface area contributed by atoms with Crippen LogP contribution in [0.3, 0.4) is 0 Å². The van der Waals surface area contributed by atoms with Crippen molar-refractivity contribution in [2.24, 2.45) is 23.7 Å². The molecule has 0 amide bonds. The number of hydrogen-bond donors (Lipinski definition) is 1. The van der Waals surface area contributed by atoms with E-state index in [9.17, 15) is 4.79 Å². The molecule has 1 saturated heterocycles. The molecule has 1 N–H and O–H groups in total. The summed E-state index contributed by atoms with van der Waals surface area (Å²) < 4.78 is 0. The topological polar surface area (TPSA) is 29.1 Å². The normalized spacial score (nSPS) is 42.1. The number of carbonyl (C=O) groups is 1. The van der Waals surface area contributed by atoms with Crippen LogP contribution >= 0.6 is 0 Å². The highest BCUT2D eigenvalue weighted by atomic mass is 16.1. The Morgan fingerprint density at radius 1 is 0.929 bits per heavy atom.